The number of benzene rings is 1. The maximum Gasteiger partial charge on any atom is 0.239 e. The number of hydrogen-bond donors (Lipinski definition) is 1. The van der Waals surface area contributed by atoms with Gasteiger partial charge in [-0.3, -0.25) is 4.79 Å². The monoisotopic (exact) mass is 366 g/mol. The summed E-state index contributed by atoms with van der Waals surface area (Å²) in [6.45, 7) is 6.45. The van der Waals surface area contributed by atoms with Crippen LogP contribution in [0.3, 0.4) is 0 Å². The molecule has 0 radical (unpaired) electrons. The van der Waals surface area contributed by atoms with Gasteiger partial charge in [-0.15, -0.1) is 0 Å². The highest BCUT2D eigenvalue weighted by Crippen LogP contribution is 2.18. The first-order chi connectivity index (χ1) is 11.3. The van der Waals surface area contributed by atoms with Crippen molar-refractivity contribution in [2.24, 2.45) is 5.92 Å². The largest absolute Gasteiger partial charge is 0.352 e. The molecule has 1 aromatic heterocycles. The Kier molecular flexibility index (Phi) is 6.57. The van der Waals surface area contributed by atoms with Gasteiger partial charge in [0.25, 0.3) is 0 Å². The number of rotatable bonds is 7. The molecule has 2 aromatic rings. The molecule has 1 N–H and O–H groups in total. The molecule has 0 saturated carbocycles. The van der Waals surface area contributed by atoms with Gasteiger partial charge in [-0.2, -0.15) is 4.37 Å². The van der Waals surface area contributed by atoms with E-state index in [1.165, 1.54) is 11.5 Å². The zero-order valence-electron chi connectivity index (χ0n) is 14.4. The number of carbonyl (C=O) groups excluding carboxylic acids is 1. The van der Waals surface area contributed by atoms with Gasteiger partial charge in [-0.1, -0.05) is 37.6 Å². The molecule has 2 rings (SSSR count). The van der Waals surface area contributed by atoms with E-state index < -0.39 is 0 Å². The number of anilines is 1. The summed E-state index contributed by atoms with van der Waals surface area (Å²) in [5.41, 5.74) is 1.11. The predicted octanol–water partition coefficient (Wildman–Crippen LogP) is 3.38. The van der Waals surface area contributed by atoms with Gasteiger partial charge >= 0.3 is 0 Å². The summed E-state index contributed by atoms with van der Waals surface area (Å²) in [6.07, 6.45) is 0.651. The van der Waals surface area contributed by atoms with Crippen LogP contribution in [0, 0.1) is 5.92 Å². The molecule has 0 aliphatic heterocycles. The van der Waals surface area contributed by atoms with Gasteiger partial charge in [0.15, 0.2) is 0 Å². The molecule has 0 aliphatic rings. The molecule has 0 saturated heterocycles. The van der Waals surface area contributed by atoms with Crippen molar-refractivity contribution in [3.05, 3.63) is 40.7 Å². The second-order valence-corrected chi connectivity index (χ2v) is 7.42. The third-order valence-electron chi connectivity index (χ3n) is 3.83. The molecule has 0 aliphatic carbocycles. The molecule has 5 nitrogen and oxygen atoms in total. The number of likely N-dealkylation sites (N-methyl/N-ethyl adjacent to an activating group) is 1. The second kappa shape index (κ2) is 8.44. The van der Waals surface area contributed by atoms with Crippen LogP contribution < -0.4 is 10.2 Å². The third-order valence-corrected chi connectivity index (χ3v) is 4.95. The summed E-state index contributed by atoms with van der Waals surface area (Å²) >= 11 is 7.20. The van der Waals surface area contributed by atoms with Crippen LogP contribution in [-0.4, -0.2) is 34.9 Å². The number of amides is 1. The van der Waals surface area contributed by atoms with Gasteiger partial charge in [0, 0.05) is 36.1 Å². The van der Waals surface area contributed by atoms with Crippen molar-refractivity contribution in [2.45, 2.75) is 33.2 Å². The Hall–Kier alpha value is -1.66. The van der Waals surface area contributed by atoms with Gasteiger partial charge in [-0.25, -0.2) is 4.98 Å². The summed E-state index contributed by atoms with van der Waals surface area (Å²) in [7, 11) is 1.85. The number of carbonyl (C=O) groups is 1. The number of aromatic nitrogens is 2. The molecule has 0 fully saturated rings. The van der Waals surface area contributed by atoms with Crippen LogP contribution in [0.25, 0.3) is 0 Å². The van der Waals surface area contributed by atoms with E-state index in [9.17, 15) is 4.79 Å². The molecular formula is C17H23ClN4OS. The second-order valence-electron chi connectivity index (χ2n) is 6.25. The number of nitrogens with one attached hydrogen (secondary N) is 1. The Morgan fingerprint density at radius 2 is 1.96 bits per heavy atom. The van der Waals surface area contributed by atoms with Crippen LogP contribution in [0.1, 0.15) is 32.2 Å². The average Bonchev–Trinajstić information content (AvgIpc) is 2.98. The molecule has 1 amide bonds. The minimum Gasteiger partial charge on any atom is -0.352 e. The van der Waals surface area contributed by atoms with Crippen molar-refractivity contribution < 1.29 is 4.79 Å². The van der Waals surface area contributed by atoms with E-state index in [1.807, 2.05) is 43.1 Å². The molecule has 7 heteroatoms. The first-order valence-electron chi connectivity index (χ1n) is 7.92. The van der Waals surface area contributed by atoms with Crippen molar-refractivity contribution in [1.29, 1.82) is 0 Å². The van der Waals surface area contributed by atoms with Crippen LogP contribution >= 0.6 is 23.1 Å². The van der Waals surface area contributed by atoms with Crippen LogP contribution in [0.4, 0.5) is 5.13 Å². The Bertz CT molecular complexity index is 671. The lowest BCUT2D eigenvalue weighted by molar-refractivity contribution is -0.120. The highest BCUT2D eigenvalue weighted by molar-refractivity contribution is 7.09. The molecule has 1 aromatic carbocycles. The van der Waals surface area contributed by atoms with E-state index >= 15 is 0 Å². The van der Waals surface area contributed by atoms with Gasteiger partial charge < -0.3 is 10.2 Å². The van der Waals surface area contributed by atoms with Crippen molar-refractivity contribution in [3.63, 3.8) is 0 Å². The highest BCUT2D eigenvalue weighted by atomic mass is 35.5. The van der Waals surface area contributed by atoms with E-state index in [-0.39, 0.29) is 18.5 Å². The molecule has 0 spiro atoms. The maximum atomic E-state index is 12.1. The molecule has 24 heavy (non-hydrogen) atoms. The Morgan fingerprint density at radius 1 is 1.29 bits per heavy atom. The average molecular weight is 367 g/mol. The van der Waals surface area contributed by atoms with E-state index in [4.69, 9.17) is 11.6 Å². The summed E-state index contributed by atoms with van der Waals surface area (Å²) in [6, 6.07) is 7.80. The standard InChI is InChI=1S/C17H23ClN4OS/c1-11(2)12(3)19-16(23)10-22(4)17-20-15(21-24-17)9-13-5-7-14(18)8-6-13/h5-8,11-12H,9-10H2,1-4H3,(H,19,23)/t12-/m0/s1. The SMILES string of the molecule is CC(C)[C@H](C)NC(=O)CN(C)c1nc(Cc2ccc(Cl)cc2)ns1. The van der Waals surface area contributed by atoms with E-state index in [2.05, 4.69) is 28.5 Å². The molecule has 1 heterocycles. The van der Waals surface area contributed by atoms with E-state index in [0.29, 0.717) is 17.4 Å². The van der Waals surface area contributed by atoms with Crippen molar-refractivity contribution in [2.75, 3.05) is 18.5 Å². The summed E-state index contributed by atoms with van der Waals surface area (Å²) in [4.78, 5) is 18.4. The van der Waals surface area contributed by atoms with Gasteiger partial charge in [-0.05, 0) is 30.5 Å². The predicted molar refractivity (Wildman–Crippen MR) is 99.9 cm³/mol. The van der Waals surface area contributed by atoms with Crippen molar-refractivity contribution >= 4 is 34.2 Å². The Balaban J connectivity index is 1.92. The Morgan fingerprint density at radius 3 is 2.58 bits per heavy atom. The Labute approximate surface area is 152 Å². The first-order valence-corrected chi connectivity index (χ1v) is 9.08. The first kappa shape index (κ1) is 18.7. The van der Waals surface area contributed by atoms with E-state index in [0.717, 1.165) is 16.5 Å². The van der Waals surface area contributed by atoms with Crippen molar-refractivity contribution in [3.8, 4) is 0 Å². The third kappa shape index (κ3) is 5.46. The molecule has 0 unspecified atom stereocenters. The molecule has 1 atom stereocenters. The zero-order chi connectivity index (χ0) is 17.7. The van der Waals surface area contributed by atoms with Crippen LogP contribution in [0.15, 0.2) is 24.3 Å². The number of hydrogen-bond acceptors (Lipinski definition) is 5. The number of nitrogens with zero attached hydrogens (tertiary/aromatic N) is 3. The fourth-order valence-electron chi connectivity index (χ4n) is 2.01. The van der Waals surface area contributed by atoms with Gasteiger partial charge in [0.2, 0.25) is 11.0 Å². The van der Waals surface area contributed by atoms with E-state index in [1.54, 1.807) is 0 Å². The van der Waals surface area contributed by atoms with Crippen LogP contribution in [0.5, 0.6) is 0 Å². The lowest BCUT2D eigenvalue weighted by Gasteiger charge is -2.20. The highest BCUT2D eigenvalue weighted by Gasteiger charge is 2.15. The minimum absolute atomic E-state index is 0.00634. The van der Waals surface area contributed by atoms with Crippen molar-refractivity contribution in [1.82, 2.24) is 14.7 Å². The lowest BCUT2D eigenvalue weighted by atomic mass is 10.1. The smallest absolute Gasteiger partial charge is 0.239 e. The topological polar surface area (TPSA) is 58.1 Å². The zero-order valence-corrected chi connectivity index (χ0v) is 16.0. The van der Waals surface area contributed by atoms with Gasteiger partial charge in [0.05, 0.1) is 6.54 Å². The molecule has 0 bridgehead atoms. The van der Waals surface area contributed by atoms with Crippen LogP contribution in [0.2, 0.25) is 5.02 Å². The number of halogens is 1. The maximum absolute atomic E-state index is 12.1. The quantitative estimate of drug-likeness (QED) is 0.816. The lowest BCUT2D eigenvalue weighted by Crippen LogP contribution is -2.41. The van der Waals surface area contributed by atoms with Gasteiger partial charge in [0.1, 0.15) is 5.82 Å². The summed E-state index contributed by atoms with van der Waals surface area (Å²) < 4.78 is 4.38. The molecule has 130 valence electrons. The summed E-state index contributed by atoms with van der Waals surface area (Å²) in [5, 5.41) is 4.45. The minimum atomic E-state index is -0.00634. The fourth-order valence-corrected chi connectivity index (χ4v) is 2.77. The fraction of sp³-hybridized carbons (Fsp3) is 0.471. The normalized spacial score (nSPS) is 12.2. The summed E-state index contributed by atoms with van der Waals surface area (Å²) in [5.74, 6) is 1.15. The molecular weight excluding hydrogens is 344 g/mol. The van der Waals surface area contributed by atoms with Crippen LogP contribution in [-0.2, 0) is 11.2 Å².